The second-order valence-corrected chi connectivity index (χ2v) is 7.21. The Morgan fingerprint density at radius 3 is 2.76 bits per heavy atom. The molecule has 1 aromatic rings. The van der Waals surface area contributed by atoms with Gasteiger partial charge in [0.2, 0.25) is 0 Å². The third kappa shape index (κ3) is 9.90. The van der Waals surface area contributed by atoms with E-state index in [1.54, 1.807) is 18.2 Å². The Labute approximate surface area is 189 Å². The first-order valence-electron chi connectivity index (χ1n) is 9.86. The lowest BCUT2D eigenvalue weighted by Gasteiger charge is -2.34. The fourth-order valence-electron chi connectivity index (χ4n) is 3.15. The van der Waals surface area contributed by atoms with Crippen molar-refractivity contribution in [2.24, 2.45) is 10.9 Å². The van der Waals surface area contributed by atoms with Gasteiger partial charge in [0.25, 0.3) is 0 Å². The monoisotopic (exact) mass is 526 g/mol. The van der Waals surface area contributed by atoms with Crippen LogP contribution in [0.2, 0.25) is 0 Å². The molecular formula is C20H33F2IN4O2. The summed E-state index contributed by atoms with van der Waals surface area (Å²) in [5, 5.41) is 6.47. The topological polar surface area (TPSA) is 58.1 Å². The van der Waals surface area contributed by atoms with E-state index in [-0.39, 0.29) is 42.4 Å². The van der Waals surface area contributed by atoms with Crippen molar-refractivity contribution >= 4 is 29.9 Å². The maximum Gasteiger partial charge on any atom is 0.387 e. The second kappa shape index (κ2) is 13.9. The SMILES string of the molecule is CCNC(=NCc1ccccc1OC(F)F)NCC1CN(CC(C)C)CCO1.I. The molecule has 6 nitrogen and oxygen atoms in total. The fraction of sp³-hybridized carbons (Fsp3) is 0.650. The zero-order valence-electron chi connectivity index (χ0n) is 17.4. The van der Waals surface area contributed by atoms with Crippen molar-refractivity contribution in [3.63, 3.8) is 0 Å². The number of morpholine rings is 1. The average Bonchev–Trinajstić information content (AvgIpc) is 2.64. The van der Waals surface area contributed by atoms with Crippen molar-refractivity contribution < 1.29 is 18.3 Å². The van der Waals surface area contributed by atoms with Crippen LogP contribution in [0.3, 0.4) is 0 Å². The molecule has 9 heteroatoms. The maximum absolute atomic E-state index is 12.6. The highest BCUT2D eigenvalue weighted by molar-refractivity contribution is 14.0. The van der Waals surface area contributed by atoms with Gasteiger partial charge in [0.1, 0.15) is 5.75 Å². The summed E-state index contributed by atoms with van der Waals surface area (Å²) in [5.41, 5.74) is 0.608. The molecule has 0 aliphatic carbocycles. The Bertz CT molecular complexity index is 620. The number of hydrogen-bond donors (Lipinski definition) is 2. The molecule has 1 aliphatic rings. The van der Waals surface area contributed by atoms with Gasteiger partial charge in [-0.05, 0) is 18.9 Å². The lowest BCUT2D eigenvalue weighted by Crippen LogP contribution is -2.50. The number of alkyl halides is 2. The predicted molar refractivity (Wildman–Crippen MR) is 122 cm³/mol. The van der Waals surface area contributed by atoms with Crippen molar-refractivity contribution in [2.75, 3.05) is 39.3 Å². The number of para-hydroxylation sites is 1. The molecule has 2 rings (SSSR count). The molecule has 166 valence electrons. The van der Waals surface area contributed by atoms with Crippen LogP contribution in [0.1, 0.15) is 26.3 Å². The number of ether oxygens (including phenoxy) is 2. The van der Waals surface area contributed by atoms with Crippen LogP contribution in [-0.4, -0.2) is 62.9 Å². The smallest absolute Gasteiger partial charge is 0.387 e. The molecule has 1 heterocycles. The molecule has 0 amide bonds. The van der Waals surface area contributed by atoms with Crippen LogP contribution in [0.15, 0.2) is 29.3 Å². The summed E-state index contributed by atoms with van der Waals surface area (Å²) in [6.45, 7) is 8.77. The largest absolute Gasteiger partial charge is 0.434 e. The van der Waals surface area contributed by atoms with E-state index in [1.165, 1.54) is 6.07 Å². The minimum absolute atomic E-state index is 0. The second-order valence-electron chi connectivity index (χ2n) is 7.21. The van der Waals surface area contributed by atoms with E-state index in [1.807, 2.05) is 6.92 Å². The molecule has 1 unspecified atom stereocenters. The Balaban J connectivity index is 0.00000420. The van der Waals surface area contributed by atoms with Crippen LogP contribution < -0.4 is 15.4 Å². The summed E-state index contributed by atoms with van der Waals surface area (Å²) in [6, 6.07) is 6.70. The molecule has 0 spiro atoms. The Hall–Kier alpha value is -1.20. The van der Waals surface area contributed by atoms with E-state index in [4.69, 9.17) is 4.74 Å². The lowest BCUT2D eigenvalue weighted by atomic mass is 10.2. The first-order chi connectivity index (χ1) is 13.5. The molecule has 1 fully saturated rings. The normalized spacial score (nSPS) is 17.9. The first kappa shape index (κ1) is 25.8. The molecule has 0 bridgehead atoms. The predicted octanol–water partition coefficient (Wildman–Crippen LogP) is 3.32. The Kier molecular flexibility index (Phi) is 12.4. The summed E-state index contributed by atoms with van der Waals surface area (Å²) >= 11 is 0. The standard InChI is InChI=1S/C20H32F2N4O2.HI/c1-4-23-20(24-11-16-7-5-6-8-18(16)28-19(21)22)25-12-17-14-26(9-10-27-17)13-15(2)3;/h5-8,15,17,19H,4,9-14H2,1-3H3,(H2,23,24,25);1H. The van der Waals surface area contributed by atoms with Gasteiger partial charge < -0.3 is 20.1 Å². The highest BCUT2D eigenvalue weighted by atomic mass is 127. The molecule has 1 atom stereocenters. The van der Waals surface area contributed by atoms with Crippen molar-refractivity contribution in [1.29, 1.82) is 0 Å². The molecule has 0 radical (unpaired) electrons. The van der Waals surface area contributed by atoms with Gasteiger partial charge in [-0.15, -0.1) is 24.0 Å². The molecule has 1 aliphatic heterocycles. The Morgan fingerprint density at radius 1 is 1.31 bits per heavy atom. The van der Waals surface area contributed by atoms with E-state index < -0.39 is 6.61 Å². The molecule has 1 aromatic carbocycles. The molecular weight excluding hydrogens is 493 g/mol. The number of guanidine groups is 1. The van der Waals surface area contributed by atoms with Crippen LogP contribution >= 0.6 is 24.0 Å². The van der Waals surface area contributed by atoms with Crippen LogP contribution in [0.4, 0.5) is 8.78 Å². The van der Waals surface area contributed by atoms with Crippen molar-refractivity contribution in [3.05, 3.63) is 29.8 Å². The zero-order valence-corrected chi connectivity index (χ0v) is 19.7. The van der Waals surface area contributed by atoms with Gasteiger partial charge in [0.05, 0.1) is 19.3 Å². The third-order valence-electron chi connectivity index (χ3n) is 4.28. The Morgan fingerprint density at radius 2 is 2.07 bits per heavy atom. The van der Waals surface area contributed by atoms with Crippen molar-refractivity contribution in [3.8, 4) is 5.75 Å². The number of hydrogen-bond acceptors (Lipinski definition) is 4. The molecule has 0 aromatic heterocycles. The quantitative estimate of drug-likeness (QED) is 0.294. The highest BCUT2D eigenvalue weighted by Crippen LogP contribution is 2.20. The third-order valence-corrected chi connectivity index (χ3v) is 4.28. The molecule has 29 heavy (non-hydrogen) atoms. The van der Waals surface area contributed by atoms with Gasteiger partial charge >= 0.3 is 6.61 Å². The van der Waals surface area contributed by atoms with Crippen LogP contribution in [-0.2, 0) is 11.3 Å². The van der Waals surface area contributed by atoms with Gasteiger partial charge in [-0.2, -0.15) is 8.78 Å². The van der Waals surface area contributed by atoms with Gasteiger partial charge in [-0.1, -0.05) is 32.0 Å². The summed E-state index contributed by atoms with van der Waals surface area (Å²) in [7, 11) is 0. The van der Waals surface area contributed by atoms with Crippen molar-refractivity contribution in [2.45, 2.75) is 40.0 Å². The number of nitrogens with zero attached hydrogens (tertiary/aromatic N) is 2. The molecule has 1 saturated heterocycles. The van der Waals surface area contributed by atoms with Crippen molar-refractivity contribution in [1.82, 2.24) is 15.5 Å². The van der Waals surface area contributed by atoms with Crippen LogP contribution in [0.5, 0.6) is 5.75 Å². The number of aliphatic imine (C=N–C) groups is 1. The number of halogens is 3. The average molecular weight is 526 g/mol. The van der Waals surface area contributed by atoms with Gasteiger partial charge in [0.15, 0.2) is 5.96 Å². The molecule has 2 N–H and O–H groups in total. The summed E-state index contributed by atoms with van der Waals surface area (Å²) in [4.78, 5) is 6.92. The molecule has 0 saturated carbocycles. The lowest BCUT2D eigenvalue weighted by molar-refractivity contribution is -0.0504. The summed E-state index contributed by atoms with van der Waals surface area (Å²) < 4.78 is 35.5. The van der Waals surface area contributed by atoms with Gasteiger partial charge in [-0.3, -0.25) is 4.90 Å². The summed E-state index contributed by atoms with van der Waals surface area (Å²) in [6.07, 6.45) is 0.0887. The van der Waals surface area contributed by atoms with Gasteiger partial charge in [-0.25, -0.2) is 4.99 Å². The van der Waals surface area contributed by atoms with E-state index in [9.17, 15) is 8.78 Å². The number of rotatable bonds is 9. The fourth-order valence-corrected chi connectivity index (χ4v) is 3.15. The van der Waals surface area contributed by atoms with Gasteiger partial charge in [0, 0.05) is 38.3 Å². The number of nitrogens with one attached hydrogen (secondary N) is 2. The first-order valence-corrected chi connectivity index (χ1v) is 9.86. The highest BCUT2D eigenvalue weighted by Gasteiger charge is 2.21. The summed E-state index contributed by atoms with van der Waals surface area (Å²) in [5.74, 6) is 1.40. The maximum atomic E-state index is 12.6. The zero-order chi connectivity index (χ0) is 20.4. The minimum atomic E-state index is -2.85. The van der Waals surface area contributed by atoms with E-state index >= 15 is 0 Å². The van der Waals surface area contributed by atoms with Crippen LogP contribution in [0, 0.1) is 5.92 Å². The number of benzene rings is 1. The van der Waals surface area contributed by atoms with E-state index in [0.717, 1.165) is 26.2 Å². The van der Waals surface area contributed by atoms with E-state index in [2.05, 4.69) is 39.1 Å². The van der Waals surface area contributed by atoms with E-state index in [0.29, 0.717) is 30.5 Å². The minimum Gasteiger partial charge on any atom is -0.434 e. The van der Waals surface area contributed by atoms with Crippen LogP contribution in [0.25, 0.3) is 0 Å².